The number of fused-ring (bicyclic) bond motifs is 1. The van der Waals surface area contributed by atoms with Gasteiger partial charge in [-0.2, -0.15) is 4.31 Å². The molecule has 1 N–H and O–H groups in total. The second-order valence-electron chi connectivity index (χ2n) is 11.1. The van der Waals surface area contributed by atoms with Gasteiger partial charge >= 0.3 is 5.97 Å². The highest BCUT2D eigenvalue weighted by atomic mass is 32.2. The Hall–Kier alpha value is -2.50. The molecule has 2 saturated heterocycles. The molecule has 0 aromatic heterocycles. The summed E-state index contributed by atoms with van der Waals surface area (Å²) in [6.07, 6.45) is 0.228. The topological polar surface area (TPSA) is 112 Å². The number of ether oxygens (including phenoxy) is 4. The summed E-state index contributed by atoms with van der Waals surface area (Å²) in [6.45, 7) is 4.85. The largest absolute Gasteiger partial charge is 0.497 e. The van der Waals surface area contributed by atoms with Crippen molar-refractivity contribution in [1.29, 1.82) is 0 Å². The minimum absolute atomic E-state index is 0.0208. The molecule has 40 heavy (non-hydrogen) atoms. The Bertz CT molecular complexity index is 1190. The molecule has 2 heterocycles. The van der Waals surface area contributed by atoms with E-state index >= 15 is 0 Å². The molecular formula is C30H41NO8S. The SMILES string of the molecule is COc1ccc(S(=O)(=O)N(CC(C)C)C[C@@H](O)[C@@H](CC(=O)O[C@H]2CO[C@H]3OCC[C@H]3C2)Cc2ccccc2)cc1. The molecule has 2 aromatic rings. The zero-order chi connectivity index (χ0) is 28.7. The number of hydrogen-bond acceptors (Lipinski definition) is 8. The number of aliphatic hydroxyl groups excluding tert-OH is 1. The van der Waals surface area contributed by atoms with E-state index in [0.29, 0.717) is 25.2 Å². The van der Waals surface area contributed by atoms with E-state index in [-0.39, 0.29) is 55.2 Å². The average molecular weight is 576 g/mol. The van der Waals surface area contributed by atoms with Gasteiger partial charge in [-0.25, -0.2) is 8.42 Å². The van der Waals surface area contributed by atoms with Crippen LogP contribution in [0.1, 0.15) is 38.7 Å². The second kappa shape index (κ2) is 13.9. The summed E-state index contributed by atoms with van der Waals surface area (Å²) in [7, 11) is -2.39. The van der Waals surface area contributed by atoms with Crippen molar-refractivity contribution in [3.8, 4) is 5.75 Å². The third kappa shape index (κ3) is 8.04. The van der Waals surface area contributed by atoms with Crippen molar-refractivity contribution in [3.05, 3.63) is 60.2 Å². The maximum absolute atomic E-state index is 13.6. The van der Waals surface area contributed by atoms with Crippen LogP contribution in [0.3, 0.4) is 0 Å². The predicted molar refractivity (Wildman–Crippen MR) is 149 cm³/mol. The predicted octanol–water partition coefficient (Wildman–Crippen LogP) is 3.65. The lowest BCUT2D eigenvalue weighted by Crippen LogP contribution is -2.43. The number of hydrogen-bond donors (Lipinski definition) is 1. The lowest BCUT2D eigenvalue weighted by Gasteiger charge is -2.32. The third-order valence-corrected chi connectivity index (χ3v) is 9.28. The lowest BCUT2D eigenvalue weighted by atomic mass is 9.90. The highest BCUT2D eigenvalue weighted by molar-refractivity contribution is 7.89. The van der Waals surface area contributed by atoms with Crippen LogP contribution in [0.4, 0.5) is 0 Å². The number of sulfonamides is 1. The van der Waals surface area contributed by atoms with Gasteiger partial charge in [-0.1, -0.05) is 44.2 Å². The smallest absolute Gasteiger partial charge is 0.306 e. The van der Waals surface area contributed by atoms with Crippen molar-refractivity contribution in [1.82, 2.24) is 4.31 Å². The van der Waals surface area contributed by atoms with Crippen molar-refractivity contribution in [2.75, 3.05) is 33.4 Å². The monoisotopic (exact) mass is 575 g/mol. The molecule has 2 aliphatic rings. The van der Waals surface area contributed by atoms with Crippen LogP contribution in [-0.2, 0) is 35.4 Å². The average Bonchev–Trinajstić information content (AvgIpc) is 3.40. The number of esters is 1. The van der Waals surface area contributed by atoms with E-state index < -0.39 is 28.0 Å². The number of carbonyl (C=O) groups excluding carboxylic acids is 1. The molecule has 4 rings (SSSR count). The number of nitrogens with zero attached hydrogens (tertiary/aromatic N) is 1. The summed E-state index contributed by atoms with van der Waals surface area (Å²) in [5.74, 6) is -0.199. The lowest BCUT2D eigenvalue weighted by molar-refractivity contribution is -0.195. The molecule has 0 aliphatic carbocycles. The highest BCUT2D eigenvalue weighted by Crippen LogP contribution is 2.32. The zero-order valence-electron chi connectivity index (χ0n) is 23.5. The van der Waals surface area contributed by atoms with Gasteiger partial charge in [0.15, 0.2) is 6.29 Å². The van der Waals surface area contributed by atoms with E-state index in [0.717, 1.165) is 12.0 Å². The van der Waals surface area contributed by atoms with E-state index in [1.807, 2.05) is 44.2 Å². The zero-order valence-corrected chi connectivity index (χ0v) is 24.3. The van der Waals surface area contributed by atoms with Crippen molar-refractivity contribution >= 4 is 16.0 Å². The Morgan fingerprint density at radius 2 is 1.80 bits per heavy atom. The molecule has 0 radical (unpaired) electrons. The summed E-state index contributed by atoms with van der Waals surface area (Å²) in [6, 6.07) is 15.8. The summed E-state index contributed by atoms with van der Waals surface area (Å²) in [5.41, 5.74) is 0.944. The van der Waals surface area contributed by atoms with E-state index in [1.54, 1.807) is 12.1 Å². The quantitative estimate of drug-likeness (QED) is 0.361. The molecule has 10 heteroatoms. The molecule has 0 bridgehead atoms. The molecule has 0 saturated carbocycles. The molecule has 5 atom stereocenters. The Labute approximate surface area is 237 Å². The number of carbonyl (C=O) groups is 1. The van der Waals surface area contributed by atoms with Gasteiger partial charge in [-0.15, -0.1) is 0 Å². The molecule has 2 fully saturated rings. The van der Waals surface area contributed by atoms with E-state index in [9.17, 15) is 18.3 Å². The number of aliphatic hydroxyl groups is 1. The Balaban J connectivity index is 1.48. The number of benzene rings is 2. The van der Waals surface area contributed by atoms with Gasteiger partial charge < -0.3 is 24.1 Å². The first-order valence-electron chi connectivity index (χ1n) is 13.9. The van der Waals surface area contributed by atoms with Crippen molar-refractivity contribution in [3.63, 3.8) is 0 Å². The van der Waals surface area contributed by atoms with Crippen molar-refractivity contribution < 1.29 is 37.3 Å². The molecule has 0 unspecified atom stereocenters. The van der Waals surface area contributed by atoms with Crippen LogP contribution in [-0.4, -0.2) is 75.7 Å². The minimum atomic E-state index is -3.91. The normalized spacial score (nSPS) is 22.6. The fraction of sp³-hybridized carbons (Fsp3) is 0.567. The van der Waals surface area contributed by atoms with Gasteiger partial charge in [0.2, 0.25) is 10.0 Å². The van der Waals surface area contributed by atoms with Gasteiger partial charge in [0.25, 0.3) is 0 Å². The standard InChI is InChI=1S/C30H41NO8S/c1-21(2)18-31(40(34,35)27-11-9-25(36-3)10-12-27)19-28(32)24(15-22-7-5-4-6-8-22)17-29(33)39-26-16-23-13-14-37-30(23)38-20-26/h4-12,21,23-24,26,28,30,32H,13-20H2,1-3H3/t23-,24+,26+,28+,30+/m0/s1. The fourth-order valence-corrected chi connectivity index (χ4v) is 6.97. The Morgan fingerprint density at radius 1 is 1.07 bits per heavy atom. The first-order chi connectivity index (χ1) is 19.2. The van der Waals surface area contributed by atoms with Crippen molar-refractivity contribution in [2.45, 2.75) is 62.9 Å². The van der Waals surface area contributed by atoms with Gasteiger partial charge in [-0.05, 0) is 55.0 Å². The molecule has 2 aromatic carbocycles. The molecule has 2 aliphatic heterocycles. The van der Waals surface area contributed by atoms with Gasteiger partial charge in [0, 0.05) is 24.9 Å². The number of rotatable bonds is 13. The van der Waals surface area contributed by atoms with Crippen LogP contribution in [0.2, 0.25) is 0 Å². The van der Waals surface area contributed by atoms with Crippen LogP contribution < -0.4 is 4.74 Å². The van der Waals surface area contributed by atoms with Crippen LogP contribution >= 0.6 is 0 Å². The maximum Gasteiger partial charge on any atom is 0.306 e. The molecule has 0 spiro atoms. The first kappa shape index (κ1) is 30.5. The summed E-state index contributed by atoms with van der Waals surface area (Å²) >= 11 is 0. The summed E-state index contributed by atoms with van der Waals surface area (Å²) in [5, 5.41) is 11.4. The first-order valence-corrected chi connectivity index (χ1v) is 15.4. The fourth-order valence-electron chi connectivity index (χ4n) is 5.35. The highest BCUT2D eigenvalue weighted by Gasteiger charge is 2.38. The van der Waals surface area contributed by atoms with Gasteiger partial charge in [0.1, 0.15) is 11.9 Å². The van der Waals surface area contributed by atoms with Crippen molar-refractivity contribution in [2.24, 2.45) is 17.8 Å². The summed E-state index contributed by atoms with van der Waals surface area (Å²) in [4.78, 5) is 13.2. The second-order valence-corrected chi connectivity index (χ2v) is 13.0. The third-order valence-electron chi connectivity index (χ3n) is 7.44. The van der Waals surface area contributed by atoms with Crippen LogP contribution in [0.5, 0.6) is 5.75 Å². The minimum Gasteiger partial charge on any atom is -0.497 e. The molecule has 220 valence electrons. The Morgan fingerprint density at radius 3 is 2.48 bits per heavy atom. The molecule has 0 amide bonds. The van der Waals surface area contributed by atoms with E-state index in [1.165, 1.54) is 23.5 Å². The molecular weight excluding hydrogens is 534 g/mol. The van der Waals surface area contributed by atoms with Gasteiger partial charge in [-0.3, -0.25) is 4.79 Å². The molecule has 9 nitrogen and oxygen atoms in total. The number of methoxy groups -OCH3 is 1. The van der Waals surface area contributed by atoms with E-state index in [4.69, 9.17) is 18.9 Å². The van der Waals surface area contributed by atoms with E-state index in [2.05, 4.69) is 0 Å². The van der Waals surface area contributed by atoms with Crippen LogP contribution in [0.25, 0.3) is 0 Å². The van der Waals surface area contributed by atoms with Gasteiger partial charge in [0.05, 0.1) is 37.7 Å². The maximum atomic E-state index is 13.6. The summed E-state index contributed by atoms with van der Waals surface area (Å²) < 4.78 is 50.7. The van der Waals surface area contributed by atoms with Crippen LogP contribution in [0, 0.1) is 17.8 Å². The van der Waals surface area contributed by atoms with Crippen LogP contribution in [0.15, 0.2) is 59.5 Å². The Kier molecular flexibility index (Phi) is 10.6.